The van der Waals surface area contributed by atoms with Gasteiger partial charge in [-0.2, -0.15) is 0 Å². The van der Waals surface area contributed by atoms with Crippen LogP contribution in [-0.4, -0.2) is 42.3 Å². The van der Waals surface area contributed by atoms with Crippen molar-refractivity contribution in [2.24, 2.45) is 5.41 Å². The van der Waals surface area contributed by atoms with E-state index < -0.39 is 11.0 Å². The third kappa shape index (κ3) is 4.12. The van der Waals surface area contributed by atoms with Crippen molar-refractivity contribution in [2.45, 2.75) is 59.5 Å². The number of nitrogens with zero attached hydrogens (tertiary/aromatic N) is 1. The van der Waals surface area contributed by atoms with Crippen LogP contribution in [0.3, 0.4) is 0 Å². The molecule has 1 saturated heterocycles. The Morgan fingerprint density at radius 3 is 2.40 bits per heavy atom. The van der Waals surface area contributed by atoms with Gasteiger partial charge in [-0.15, -0.1) is 0 Å². The molecule has 0 unspecified atom stereocenters. The fraction of sp³-hybridized carbons (Fsp3) is 0.867. The summed E-state index contributed by atoms with van der Waals surface area (Å²) in [6, 6.07) is 0. The molecule has 1 aliphatic heterocycles. The third-order valence-electron chi connectivity index (χ3n) is 3.44. The predicted octanol–water partition coefficient (Wildman–Crippen LogP) is 2.98. The number of hydrogen-bond acceptors (Lipinski definition) is 4. The maximum atomic E-state index is 12.2. The molecule has 0 saturated carbocycles. The van der Waals surface area contributed by atoms with Gasteiger partial charge in [0.15, 0.2) is 0 Å². The average molecular weight is 285 g/mol. The minimum absolute atomic E-state index is 0.187. The lowest BCUT2D eigenvalue weighted by atomic mass is 9.82. The van der Waals surface area contributed by atoms with Crippen molar-refractivity contribution in [1.29, 1.82) is 0 Å². The predicted molar refractivity (Wildman–Crippen MR) is 76.4 cm³/mol. The monoisotopic (exact) mass is 285 g/mol. The number of hydrogen-bond donors (Lipinski definition) is 0. The van der Waals surface area contributed by atoms with E-state index in [2.05, 4.69) is 0 Å². The second-order valence-corrected chi connectivity index (χ2v) is 6.40. The van der Waals surface area contributed by atoms with Crippen LogP contribution < -0.4 is 0 Å². The van der Waals surface area contributed by atoms with Gasteiger partial charge in [-0.05, 0) is 40.5 Å². The Hall–Kier alpha value is -1.26. The van der Waals surface area contributed by atoms with Crippen LogP contribution in [0, 0.1) is 5.41 Å². The van der Waals surface area contributed by atoms with Crippen LogP contribution in [0.1, 0.15) is 53.9 Å². The summed E-state index contributed by atoms with van der Waals surface area (Å²) in [5, 5.41) is 0. The van der Waals surface area contributed by atoms with E-state index in [-0.39, 0.29) is 12.1 Å². The van der Waals surface area contributed by atoms with Crippen LogP contribution in [0.4, 0.5) is 4.79 Å². The van der Waals surface area contributed by atoms with Crippen LogP contribution >= 0.6 is 0 Å². The Morgan fingerprint density at radius 2 is 1.90 bits per heavy atom. The smallest absolute Gasteiger partial charge is 0.410 e. The van der Waals surface area contributed by atoms with Gasteiger partial charge in [0.1, 0.15) is 5.60 Å². The van der Waals surface area contributed by atoms with Gasteiger partial charge in [-0.25, -0.2) is 4.79 Å². The number of ether oxygens (including phenoxy) is 2. The van der Waals surface area contributed by atoms with Crippen molar-refractivity contribution < 1.29 is 19.1 Å². The molecule has 1 fully saturated rings. The maximum Gasteiger partial charge on any atom is 0.410 e. The van der Waals surface area contributed by atoms with Gasteiger partial charge in [0.05, 0.1) is 12.0 Å². The van der Waals surface area contributed by atoms with E-state index in [9.17, 15) is 9.59 Å². The highest BCUT2D eigenvalue weighted by atomic mass is 16.6. The van der Waals surface area contributed by atoms with E-state index in [4.69, 9.17) is 9.47 Å². The van der Waals surface area contributed by atoms with Crippen LogP contribution in [-0.2, 0) is 14.3 Å². The summed E-state index contributed by atoms with van der Waals surface area (Å²) in [5.41, 5.74) is -1.07. The molecular formula is C15H27NO4. The molecule has 1 heterocycles. The quantitative estimate of drug-likeness (QED) is 0.745. The fourth-order valence-electron chi connectivity index (χ4n) is 2.59. The molecule has 0 radical (unpaired) electrons. The van der Waals surface area contributed by atoms with Crippen molar-refractivity contribution in [1.82, 2.24) is 4.90 Å². The van der Waals surface area contributed by atoms with Crippen molar-refractivity contribution in [3.63, 3.8) is 0 Å². The number of rotatable bonds is 4. The summed E-state index contributed by atoms with van der Waals surface area (Å²) in [4.78, 5) is 25.9. The van der Waals surface area contributed by atoms with Gasteiger partial charge in [-0.1, -0.05) is 13.3 Å². The van der Waals surface area contributed by atoms with Crippen molar-refractivity contribution in [3.05, 3.63) is 0 Å². The molecule has 1 rings (SSSR count). The topological polar surface area (TPSA) is 55.8 Å². The molecule has 20 heavy (non-hydrogen) atoms. The summed E-state index contributed by atoms with van der Waals surface area (Å²) in [6.07, 6.45) is 1.94. The first-order valence-corrected chi connectivity index (χ1v) is 7.39. The van der Waals surface area contributed by atoms with E-state index in [1.807, 2.05) is 27.7 Å². The molecule has 0 aromatic heterocycles. The van der Waals surface area contributed by atoms with Crippen LogP contribution in [0.2, 0.25) is 0 Å². The van der Waals surface area contributed by atoms with Crippen LogP contribution in [0.5, 0.6) is 0 Å². The minimum atomic E-state index is -0.554. The first-order valence-electron chi connectivity index (χ1n) is 7.39. The second kappa shape index (κ2) is 6.46. The second-order valence-electron chi connectivity index (χ2n) is 6.40. The molecule has 1 aliphatic rings. The zero-order valence-electron chi connectivity index (χ0n) is 13.3. The summed E-state index contributed by atoms with van der Waals surface area (Å²) < 4.78 is 10.6. The average Bonchev–Trinajstić information content (AvgIpc) is 2.73. The first kappa shape index (κ1) is 16.8. The Bertz CT molecular complexity index is 361. The number of esters is 1. The molecule has 0 aromatic rings. The Balaban J connectivity index is 2.74. The molecule has 116 valence electrons. The van der Waals surface area contributed by atoms with Gasteiger partial charge in [-0.3, -0.25) is 4.79 Å². The van der Waals surface area contributed by atoms with Crippen molar-refractivity contribution in [2.75, 3.05) is 19.7 Å². The van der Waals surface area contributed by atoms with E-state index in [0.717, 1.165) is 12.8 Å². The van der Waals surface area contributed by atoms with Gasteiger partial charge in [0, 0.05) is 13.1 Å². The lowest BCUT2D eigenvalue weighted by Crippen LogP contribution is -2.40. The molecular weight excluding hydrogens is 258 g/mol. The standard InChI is InChI=1S/C15H27NO4/c1-6-8-15(12(17)19-7-2)9-10-16(11-15)13(18)20-14(3,4)5/h6-11H2,1-5H3/t15-/m0/s1. The highest BCUT2D eigenvalue weighted by Crippen LogP contribution is 2.37. The molecule has 0 aromatic carbocycles. The minimum Gasteiger partial charge on any atom is -0.466 e. The maximum absolute atomic E-state index is 12.2. The molecule has 0 N–H and O–H groups in total. The summed E-state index contributed by atoms with van der Waals surface area (Å²) in [6.45, 7) is 10.7. The molecule has 0 spiro atoms. The van der Waals surface area contributed by atoms with Gasteiger partial charge >= 0.3 is 12.1 Å². The Morgan fingerprint density at radius 1 is 1.25 bits per heavy atom. The van der Waals surface area contributed by atoms with E-state index in [1.54, 1.807) is 11.8 Å². The molecule has 0 bridgehead atoms. The lowest BCUT2D eigenvalue weighted by molar-refractivity contribution is -0.155. The summed E-state index contributed by atoms with van der Waals surface area (Å²) >= 11 is 0. The zero-order valence-corrected chi connectivity index (χ0v) is 13.3. The number of amides is 1. The summed E-state index contributed by atoms with van der Waals surface area (Å²) in [7, 11) is 0. The van der Waals surface area contributed by atoms with E-state index >= 15 is 0 Å². The highest BCUT2D eigenvalue weighted by Gasteiger charge is 2.47. The summed E-state index contributed by atoms with van der Waals surface area (Å²) in [5.74, 6) is -0.187. The van der Waals surface area contributed by atoms with Crippen molar-refractivity contribution >= 4 is 12.1 Å². The van der Waals surface area contributed by atoms with E-state index in [1.165, 1.54) is 0 Å². The third-order valence-corrected chi connectivity index (χ3v) is 3.44. The van der Waals surface area contributed by atoms with Crippen LogP contribution in [0.25, 0.3) is 0 Å². The largest absolute Gasteiger partial charge is 0.466 e. The number of carbonyl (C=O) groups excluding carboxylic acids is 2. The number of carbonyl (C=O) groups is 2. The van der Waals surface area contributed by atoms with Crippen LogP contribution in [0.15, 0.2) is 0 Å². The van der Waals surface area contributed by atoms with Crippen molar-refractivity contribution in [3.8, 4) is 0 Å². The SMILES string of the molecule is CCC[C@]1(C(=O)OCC)CCN(C(=O)OC(C)(C)C)C1. The highest BCUT2D eigenvalue weighted by molar-refractivity contribution is 5.79. The van der Waals surface area contributed by atoms with Gasteiger partial charge < -0.3 is 14.4 Å². The molecule has 1 amide bonds. The van der Waals surface area contributed by atoms with Gasteiger partial charge in [0.25, 0.3) is 0 Å². The van der Waals surface area contributed by atoms with E-state index in [0.29, 0.717) is 26.1 Å². The lowest BCUT2D eigenvalue weighted by Gasteiger charge is -2.28. The molecule has 1 atom stereocenters. The molecule has 0 aliphatic carbocycles. The molecule has 5 heteroatoms. The van der Waals surface area contributed by atoms with Gasteiger partial charge in [0.2, 0.25) is 0 Å². The Labute approximate surface area is 121 Å². The fourth-order valence-corrected chi connectivity index (χ4v) is 2.59. The zero-order chi connectivity index (χ0) is 15.4. The first-order chi connectivity index (χ1) is 9.24. The Kier molecular flexibility index (Phi) is 5.42. The normalized spacial score (nSPS) is 22.8. The molecule has 5 nitrogen and oxygen atoms in total. The number of likely N-dealkylation sites (tertiary alicyclic amines) is 1.